The molecule has 36 heavy (non-hydrogen) atoms. The maximum atomic E-state index is 14.8. The Morgan fingerprint density at radius 3 is 2.83 bits per heavy atom. The first-order chi connectivity index (χ1) is 17.5. The summed E-state index contributed by atoms with van der Waals surface area (Å²) < 4.78 is 27.7. The monoisotopic (exact) mass is 548 g/mol. The molecule has 0 saturated carbocycles. The lowest BCUT2D eigenvalue weighted by atomic mass is 10.0. The van der Waals surface area contributed by atoms with Gasteiger partial charge in [-0.05, 0) is 30.5 Å². The first-order valence-corrected chi connectivity index (χ1v) is 13.6. The van der Waals surface area contributed by atoms with Gasteiger partial charge in [0.1, 0.15) is 22.7 Å². The zero-order valence-electron chi connectivity index (χ0n) is 19.3. The molecule has 1 atom stereocenters. The highest BCUT2D eigenvalue weighted by Gasteiger charge is 2.39. The summed E-state index contributed by atoms with van der Waals surface area (Å²) in [7, 11) is 0. The fraction of sp³-hybridized carbons (Fsp3) is 0.391. The molecule has 4 aromatic rings. The Kier molecular flexibility index (Phi) is 6.28. The lowest BCUT2D eigenvalue weighted by Gasteiger charge is -2.34. The predicted molar refractivity (Wildman–Crippen MR) is 135 cm³/mol. The number of pyridine rings is 1. The van der Waals surface area contributed by atoms with Crippen LogP contribution in [0.4, 0.5) is 10.2 Å². The summed E-state index contributed by atoms with van der Waals surface area (Å²) in [6, 6.07) is 4.32. The van der Waals surface area contributed by atoms with Gasteiger partial charge in [-0.3, -0.25) is 4.79 Å². The predicted octanol–water partition coefficient (Wildman–Crippen LogP) is 3.74. The molecule has 6 heterocycles. The number of nitrogens with zero attached hydrogens (tertiary/aromatic N) is 6. The van der Waals surface area contributed by atoms with Gasteiger partial charge >= 0.3 is 0 Å². The summed E-state index contributed by atoms with van der Waals surface area (Å²) in [6.07, 6.45) is 0.552. The molecule has 1 fully saturated rings. The summed E-state index contributed by atoms with van der Waals surface area (Å²) in [4.78, 5) is 27.5. The first kappa shape index (κ1) is 23.6. The average Bonchev–Trinajstić information content (AvgIpc) is 3.56. The summed E-state index contributed by atoms with van der Waals surface area (Å²) in [5.41, 5.74) is 1.56. The maximum absolute atomic E-state index is 14.8. The largest absolute Gasteiger partial charge is 0.481 e. The van der Waals surface area contributed by atoms with Gasteiger partial charge in [-0.1, -0.05) is 22.9 Å². The number of anilines is 1. The van der Waals surface area contributed by atoms with Gasteiger partial charge in [0.05, 0.1) is 29.5 Å². The van der Waals surface area contributed by atoms with E-state index in [2.05, 4.69) is 15.0 Å². The van der Waals surface area contributed by atoms with Crippen molar-refractivity contribution in [2.24, 2.45) is 0 Å². The van der Waals surface area contributed by atoms with E-state index in [0.717, 1.165) is 40.3 Å². The lowest BCUT2D eigenvalue weighted by Crippen LogP contribution is -2.43. The van der Waals surface area contributed by atoms with Crippen LogP contribution in [0.5, 0.6) is 5.75 Å². The number of carbonyl (C=O) groups is 1. The molecule has 2 aliphatic rings. The second-order valence-corrected chi connectivity index (χ2v) is 10.9. The van der Waals surface area contributed by atoms with Gasteiger partial charge in [0.25, 0.3) is 5.91 Å². The van der Waals surface area contributed by atoms with Crippen LogP contribution in [0.15, 0.2) is 23.6 Å². The Balaban J connectivity index is 1.25. The van der Waals surface area contributed by atoms with E-state index in [0.29, 0.717) is 36.8 Å². The molecule has 6 rings (SSSR count). The van der Waals surface area contributed by atoms with E-state index in [1.54, 1.807) is 20.9 Å². The third-order valence-corrected chi connectivity index (χ3v) is 8.31. The van der Waals surface area contributed by atoms with Crippen LogP contribution in [0.3, 0.4) is 0 Å². The number of hydrogen-bond donors (Lipinski definition) is 0. The van der Waals surface area contributed by atoms with Crippen molar-refractivity contribution < 1.29 is 18.7 Å². The molecule has 0 bridgehead atoms. The topological polar surface area (TPSA) is 85.1 Å². The van der Waals surface area contributed by atoms with Crippen LogP contribution in [0.2, 0.25) is 5.15 Å². The Hall–Kier alpha value is -2.80. The molecular weight excluding hydrogens is 527 g/mol. The van der Waals surface area contributed by atoms with Crippen LogP contribution in [0, 0.1) is 12.7 Å². The molecule has 0 aliphatic carbocycles. The number of aromatic nitrogens is 4. The number of aryl methyl sites for hydroxylation is 1. The molecule has 1 saturated heterocycles. The number of carbonyl (C=O) groups excluding carboxylic acids is 1. The van der Waals surface area contributed by atoms with E-state index < -0.39 is 6.04 Å². The summed E-state index contributed by atoms with van der Waals surface area (Å²) in [5, 5.41) is 7.29. The van der Waals surface area contributed by atoms with Crippen molar-refractivity contribution in [2.45, 2.75) is 19.4 Å². The van der Waals surface area contributed by atoms with Gasteiger partial charge in [0, 0.05) is 26.1 Å². The van der Waals surface area contributed by atoms with E-state index in [4.69, 9.17) is 26.1 Å². The molecule has 1 amide bonds. The Morgan fingerprint density at radius 2 is 2.08 bits per heavy atom. The molecular formula is C23H22ClFN6O3S2. The van der Waals surface area contributed by atoms with Crippen LogP contribution in [-0.2, 0) is 16.0 Å². The van der Waals surface area contributed by atoms with Crippen LogP contribution in [0.1, 0.15) is 27.3 Å². The van der Waals surface area contributed by atoms with Crippen molar-refractivity contribution in [3.8, 4) is 5.75 Å². The van der Waals surface area contributed by atoms with Gasteiger partial charge in [-0.25, -0.2) is 18.9 Å². The highest BCUT2D eigenvalue weighted by atomic mass is 35.5. The van der Waals surface area contributed by atoms with E-state index in [1.165, 1.54) is 28.7 Å². The zero-order chi connectivity index (χ0) is 24.8. The van der Waals surface area contributed by atoms with Crippen molar-refractivity contribution in [1.29, 1.82) is 0 Å². The molecule has 0 aromatic carbocycles. The van der Waals surface area contributed by atoms with Crippen molar-refractivity contribution in [3.63, 3.8) is 0 Å². The first-order valence-electron chi connectivity index (χ1n) is 11.5. The number of fused-ring (bicyclic) bond motifs is 3. The number of hydrogen-bond acceptors (Lipinski definition) is 9. The molecule has 4 aromatic heterocycles. The van der Waals surface area contributed by atoms with Crippen molar-refractivity contribution in [1.82, 2.24) is 24.5 Å². The van der Waals surface area contributed by atoms with Gasteiger partial charge in [-0.15, -0.1) is 11.3 Å². The molecule has 1 unspecified atom stereocenters. The normalized spacial score (nSPS) is 18.0. The number of amides is 1. The van der Waals surface area contributed by atoms with Crippen LogP contribution in [0.25, 0.3) is 4.96 Å². The summed E-state index contributed by atoms with van der Waals surface area (Å²) in [5.74, 6) is 0.417. The lowest BCUT2D eigenvalue weighted by molar-refractivity contribution is -0.135. The van der Waals surface area contributed by atoms with Crippen molar-refractivity contribution >= 4 is 51.0 Å². The number of morpholine rings is 1. The fourth-order valence-electron chi connectivity index (χ4n) is 4.61. The number of imidazole rings is 1. The van der Waals surface area contributed by atoms with Crippen LogP contribution < -0.4 is 9.64 Å². The molecule has 13 heteroatoms. The van der Waals surface area contributed by atoms with Gasteiger partial charge in [0.15, 0.2) is 17.5 Å². The second kappa shape index (κ2) is 9.58. The van der Waals surface area contributed by atoms with E-state index in [1.807, 2.05) is 13.0 Å². The van der Waals surface area contributed by atoms with E-state index in [9.17, 15) is 9.18 Å². The highest BCUT2D eigenvalue weighted by molar-refractivity contribution is 7.16. The fourth-order valence-corrected chi connectivity index (χ4v) is 6.46. The SMILES string of the molecule is Cc1nn2c3c(nc2s1)CCN(C(=O)COc1ccc(N2CCOCC2)nc1Cl)C3c1sccc1F. The maximum Gasteiger partial charge on any atom is 0.261 e. The quantitative estimate of drug-likeness (QED) is 0.351. The number of halogens is 2. The summed E-state index contributed by atoms with van der Waals surface area (Å²) >= 11 is 9.12. The molecule has 9 nitrogen and oxygen atoms in total. The standard InChI is InChI=1S/C23H22ClFN6O3S2/c1-13-28-31-19-15(26-23(31)36-13)4-6-30(20(19)21-14(25)5-11-35-21)18(32)12-34-16-2-3-17(27-22(16)24)29-7-9-33-10-8-29/h2-3,5,11,20H,4,6-10,12H2,1H3. The molecule has 0 radical (unpaired) electrons. The Labute approximate surface area is 219 Å². The number of rotatable bonds is 5. The van der Waals surface area contributed by atoms with Crippen LogP contribution >= 0.6 is 34.3 Å². The number of ether oxygens (including phenoxy) is 2. The third-order valence-electron chi connectivity index (χ3n) is 6.28. The average molecular weight is 549 g/mol. The van der Waals surface area contributed by atoms with Crippen molar-refractivity contribution in [2.75, 3.05) is 44.4 Å². The molecule has 0 N–H and O–H groups in total. The zero-order valence-corrected chi connectivity index (χ0v) is 21.7. The van der Waals surface area contributed by atoms with E-state index in [-0.39, 0.29) is 23.5 Å². The van der Waals surface area contributed by atoms with Gasteiger partial charge < -0.3 is 19.3 Å². The smallest absolute Gasteiger partial charge is 0.261 e. The minimum absolute atomic E-state index is 0.184. The minimum Gasteiger partial charge on any atom is -0.481 e. The Bertz CT molecular complexity index is 1430. The van der Waals surface area contributed by atoms with E-state index >= 15 is 0 Å². The second-order valence-electron chi connectivity index (χ2n) is 8.48. The van der Waals surface area contributed by atoms with Crippen LogP contribution in [-0.4, -0.2) is 69.8 Å². The number of thiophene rings is 1. The third kappa shape index (κ3) is 4.21. The van der Waals surface area contributed by atoms with Crippen molar-refractivity contribution in [3.05, 3.63) is 55.8 Å². The molecule has 0 spiro atoms. The Morgan fingerprint density at radius 1 is 1.25 bits per heavy atom. The van der Waals surface area contributed by atoms with Gasteiger partial charge in [-0.2, -0.15) is 5.10 Å². The molecule has 188 valence electrons. The van der Waals surface area contributed by atoms with Gasteiger partial charge in [0.2, 0.25) is 4.96 Å². The summed E-state index contributed by atoms with van der Waals surface area (Å²) in [6.45, 7) is 4.78. The minimum atomic E-state index is -0.640. The molecule has 2 aliphatic heterocycles. The highest BCUT2D eigenvalue weighted by Crippen LogP contribution is 2.40.